The third kappa shape index (κ3) is 2.55. The molecule has 2 aromatic rings. The van der Waals surface area contributed by atoms with Crippen molar-refractivity contribution in [3.8, 4) is 0 Å². The zero-order chi connectivity index (χ0) is 17.8. The number of benzene rings is 1. The van der Waals surface area contributed by atoms with E-state index >= 15 is 0 Å². The molecule has 0 amide bonds. The van der Waals surface area contributed by atoms with Gasteiger partial charge in [-0.2, -0.15) is 13.2 Å². The van der Waals surface area contributed by atoms with Crippen molar-refractivity contribution in [3.63, 3.8) is 0 Å². The third-order valence-electron chi connectivity index (χ3n) is 5.50. The summed E-state index contributed by atoms with van der Waals surface area (Å²) in [6, 6.07) is 4.00. The van der Waals surface area contributed by atoms with E-state index in [0.717, 1.165) is 6.07 Å². The number of hydrogen-bond donors (Lipinski definition) is 0. The summed E-state index contributed by atoms with van der Waals surface area (Å²) in [6.07, 6.45) is -1.09. The van der Waals surface area contributed by atoms with Gasteiger partial charge in [0.2, 0.25) is 0 Å². The van der Waals surface area contributed by atoms with Crippen LogP contribution >= 0.6 is 0 Å². The molecule has 1 unspecified atom stereocenters. The van der Waals surface area contributed by atoms with Crippen molar-refractivity contribution in [3.05, 3.63) is 53.1 Å². The predicted molar refractivity (Wildman–Crippen MR) is 81.2 cm³/mol. The normalized spacial score (nSPS) is 22.4. The van der Waals surface area contributed by atoms with Crippen LogP contribution in [0.3, 0.4) is 0 Å². The van der Waals surface area contributed by atoms with Crippen molar-refractivity contribution in [2.75, 3.05) is 0 Å². The SMILES string of the molecule is Fc1cccc(C2CCCc3ncc(C4(C(F)(F)F)CC4)n3C2)c1F. The van der Waals surface area contributed by atoms with Crippen molar-refractivity contribution in [2.24, 2.45) is 0 Å². The maximum absolute atomic E-state index is 14.2. The molecule has 25 heavy (non-hydrogen) atoms. The van der Waals surface area contributed by atoms with Gasteiger partial charge in [0.1, 0.15) is 11.2 Å². The van der Waals surface area contributed by atoms with Crippen LogP contribution in [0.2, 0.25) is 0 Å². The number of aryl methyl sites for hydroxylation is 1. The fraction of sp³-hybridized carbons (Fsp3) is 0.500. The minimum absolute atomic E-state index is 0.0562. The van der Waals surface area contributed by atoms with Gasteiger partial charge in [-0.15, -0.1) is 0 Å². The molecule has 2 aliphatic rings. The van der Waals surface area contributed by atoms with Crippen LogP contribution in [0.15, 0.2) is 24.4 Å². The van der Waals surface area contributed by atoms with E-state index in [1.165, 1.54) is 18.3 Å². The summed E-state index contributed by atoms with van der Waals surface area (Å²) in [5.74, 6) is -1.60. The smallest absolute Gasteiger partial charge is 0.331 e. The van der Waals surface area contributed by atoms with E-state index in [0.29, 0.717) is 25.1 Å². The summed E-state index contributed by atoms with van der Waals surface area (Å²) in [6.45, 7) is 0.197. The van der Waals surface area contributed by atoms with Gasteiger partial charge >= 0.3 is 6.18 Å². The molecule has 4 rings (SSSR count). The van der Waals surface area contributed by atoms with E-state index in [-0.39, 0.29) is 36.6 Å². The lowest BCUT2D eigenvalue weighted by atomic mass is 9.93. The van der Waals surface area contributed by atoms with Crippen LogP contribution < -0.4 is 0 Å². The van der Waals surface area contributed by atoms with E-state index in [9.17, 15) is 22.0 Å². The van der Waals surface area contributed by atoms with Crippen LogP contribution in [-0.4, -0.2) is 15.7 Å². The lowest BCUT2D eigenvalue weighted by molar-refractivity contribution is -0.162. The Morgan fingerprint density at radius 2 is 1.92 bits per heavy atom. The molecule has 1 atom stereocenters. The van der Waals surface area contributed by atoms with Gasteiger partial charge in [-0.25, -0.2) is 13.8 Å². The lowest BCUT2D eigenvalue weighted by Gasteiger charge is -2.24. The minimum atomic E-state index is -4.32. The van der Waals surface area contributed by atoms with Crippen LogP contribution in [0.1, 0.15) is 48.7 Å². The first-order valence-electron chi connectivity index (χ1n) is 8.39. The maximum Gasteiger partial charge on any atom is 0.399 e. The van der Waals surface area contributed by atoms with Crippen LogP contribution in [0.4, 0.5) is 22.0 Å². The molecule has 7 heteroatoms. The monoisotopic (exact) mass is 356 g/mol. The van der Waals surface area contributed by atoms with Crippen LogP contribution in [0, 0.1) is 11.6 Å². The fourth-order valence-electron chi connectivity index (χ4n) is 3.92. The molecule has 2 heterocycles. The second-order valence-corrected chi connectivity index (χ2v) is 6.98. The Labute approximate surface area is 141 Å². The van der Waals surface area contributed by atoms with Crippen LogP contribution in [-0.2, 0) is 18.4 Å². The zero-order valence-electron chi connectivity index (χ0n) is 13.4. The molecule has 1 aromatic carbocycles. The van der Waals surface area contributed by atoms with E-state index < -0.39 is 23.2 Å². The summed E-state index contributed by atoms with van der Waals surface area (Å²) in [7, 11) is 0. The Morgan fingerprint density at radius 1 is 1.16 bits per heavy atom. The number of rotatable bonds is 2. The molecular formula is C18H17F5N2. The third-order valence-corrected chi connectivity index (χ3v) is 5.50. The first-order valence-corrected chi connectivity index (χ1v) is 8.39. The molecule has 0 radical (unpaired) electrons. The number of alkyl halides is 3. The molecule has 2 nitrogen and oxygen atoms in total. The topological polar surface area (TPSA) is 17.8 Å². The van der Waals surface area contributed by atoms with Crippen molar-refractivity contribution >= 4 is 0 Å². The molecule has 0 spiro atoms. The Kier molecular flexibility index (Phi) is 3.67. The molecule has 0 bridgehead atoms. The number of aromatic nitrogens is 2. The lowest BCUT2D eigenvalue weighted by Crippen LogP contribution is -2.31. The van der Waals surface area contributed by atoms with Gasteiger partial charge in [0.05, 0.1) is 5.69 Å². The quantitative estimate of drug-likeness (QED) is 0.702. The highest BCUT2D eigenvalue weighted by atomic mass is 19.4. The van der Waals surface area contributed by atoms with Crippen LogP contribution in [0.5, 0.6) is 0 Å². The summed E-state index contributed by atoms with van der Waals surface area (Å²) in [5.41, 5.74) is -1.43. The van der Waals surface area contributed by atoms with E-state index in [1.807, 2.05) is 0 Å². The van der Waals surface area contributed by atoms with Gasteiger partial charge in [-0.05, 0) is 37.3 Å². The Balaban J connectivity index is 1.74. The number of imidazole rings is 1. The Hall–Kier alpha value is -1.92. The van der Waals surface area contributed by atoms with E-state index in [4.69, 9.17) is 0 Å². The van der Waals surface area contributed by atoms with E-state index in [1.54, 1.807) is 4.57 Å². The van der Waals surface area contributed by atoms with Gasteiger partial charge in [-0.3, -0.25) is 0 Å². The average molecular weight is 356 g/mol. The molecule has 134 valence electrons. The molecule has 0 N–H and O–H groups in total. The Morgan fingerprint density at radius 3 is 2.60 bits per heavy atom. The number of nitrogens with zero attached hydrogens (tertiary/aromatic N) is 2. The molecule has 0 saturated heterocycles. The Bertz CT molecular complexity index is 804. The minimum Gasteiger partial charge on any atom is -0.331 e. The highest BCUT2D eigenvalue weighted by molar-refractivity contribution is 5.30. The maximum atomic E-state index is 14.2. The molecule has 1 aliphatic heterocycles. The number of hydrogen-bond acceptors (Lipinski definition) is 1. The fourth-order valence-corrected chi connectivity index (χ4v) is 3.92. The second-order valence-electron chi connectivity index (χ2n) is 6.98. The standard InChI is InChI=1S/C18H17F5N2/c19-13-5-2-4-12(16(13)20)11-3-1-6-15-24-9-14(25(15)10-11)17(7-8-17)18(21,22)23/h2,4-5,9,11H,1,3,6-8,10H2. The predicted octanol–water partition coefficient (Wildman–Crippen LogP) is 4.88. The number of fused-ring (bicyclic) bond motifs is 1. The average Bonchev–Trinajstić information content (AvgIpc) is 3.31. The number of halogens is 5. The van der Waals surface area contributed by atoms with Crippen molar-refractivity contribution < 1.29 is 22.0 Å². The second kappa shape index (κ2) is 5.54. The van der Waals surface area contributed by atoms with Gasteiger partial charge in [0.15, 0.2) is 11.6 Å². The summed E-state index contributed by atoms with van der Waals surface area (Å²) < 4.78 is 69.9. The first-order chi connectivity index (χ1) is 11.8. The van der Waals surface area contributed by atoms with Gasteiger partial charge in [0, 0.05) is 25.1 Å². The summed E-state index contributed by atoms with van der Waals surface area (Å²) in [5, 5.41) is 0. The zero-order valence-corrected chi connectivity index (χ0v) is 13.4. The molecule has 1 aliphatic carbocycles. The summed E-state index contributed by atoms with van der Waals surface area (Å²) >= 11 is 0. The van der Waals surface area contributed by atoms with Crippen molar-refractivity contribution in [1.29, 1.82) is 0 Å². The van der Waals surface area contributed by atoms with Crippen molar-refractivity contribution in [1.82, 2.24) is 9.55 Å². The molecule has 1 aromatic heterocycles. The van der Waals surface area contributed by atoms with Gasteiger partial charge < -0.3 is 4.57 Å². The molecule has 1 fully saturated rings. The highest BCUT2D eigenvalue weighted by Gasteiger charge is 2.66. The van der Waals surface area contributed by atoms with E-state index in [2.05, 4.69) is 4.98 Å². The van der Waals surface area contributed by atoms with Crippen LogP contribution in [0.25, 0.3) is 0 Å². The highest BCUT2D eigenvalue weighted by Crippen LogP contribution is 2.59. The largest absolute Gasteiger partial charge is 0.399 e. The first kappa shape index (κ1) is 16.5. The van der Waals surface area contributed by atoms with Gasteiger partial charge in [-0.1, -0.05) is 12.1 Å². The van der Waals surface area contributed by atoms with Crippen molar-refractivity contribution in [2.45, 2.75) is 56.2 Å². The molecular weight excluding hydrogens is 339 g/mol. The summed E-state index contributed by atoms with van der Waals surface area (Å²) in [4.78, 5) is 4.20. The molecule has 1 saturated carbocycles. The van der Waals surface area contributed by atoms with Gasteiger partial charge in [0.25, 0.3) is 0 Å².